The second-order valence-corrected chi connectivity index (χ2v) is 4.58. The minimum atomic E-state index is -0.690. The van der Waals surface area contributed by atoms with E-state index >= 15 is 0 Å². The molecule has 21 heavy (non-hydrogen) atoms. The molecule has 2 aromatic carbocycles. The average molecular weight is 283 g/mol. The van der Waals surface area contributed by atoms with E-state index in [2.05, 4.69) is 29.6 Å². The summed E-state index contributed by atoms with van der Waals surface area (Å²) in [6.07, 6.45) is 1.51. The number of hydrazone groups is 1. The second kappa shape index (κ2) is 7.09. The topological polar surface area (TPSA) is 76.7 Å². The van der Waals surface area contributed by atoms with Crippen molar-refractivity contribution in [3.63, 3.8) is 0 Å². The van der Waals surface area contributed by atoms with Gasteiger partial charge in [0.2, 0.25) is 0 Å². The van der Waals surface area contributed by atoms with E-state index in [4.69, 9.17) is 10.5 Å². The fourth-order valence-corrected chi connectivity index (χ4v) is 1.79. The van der Waals surface area contributed by atoms with Crippen molar-refractivity contribution in [2.75, 3.05) is 0 Å². The maximum atomic E-state index is 10.5. The van der Waals surface area contributed by atoms with Crippen molar-refractivity contribution in [2.24, 2.45) is 10.8 Å². The van der Waals surface area contributed by atoms with Gasteiger partial charge in [-0.3, -0.25) is 0 Å². The van der Waals surface area contributed by atoms with Crippen molar-refractivity contribution in [3.05, 3.63) is 65.2 Å². The van der Waals surface area contributed by atoms with Gasteiger partial charge in [-0.2, -0.15) is 5.10 Å². The SMILES string of the molecule is Cc1cccc(COc2ccc(C=NNC(N)=O)cc2)c1. The van der Waals surface area contributed by atoms with E-state index in [1.165, 1.54) is 11.8 Å². The molecule has 0 spiro atoms. The van der Waals surface area contributed by atoms with Gasteiger partial charge in [-0.1, -0.05) is 29.8 Å². The zero-order valence-corrected chi connectivity index (χ0v) is 11.7. The maximum absolute atomic E-state index is 10.5. The summed E-state index contributed by atoms with van der Waals surface area (Å²) < 4.78 is 5.71. The molecule has 0 fully saturated rings. The lowest BCUT2D eigenvalue weighted by Gasteiger charge is -2.07. The number of nitrogens with two attached hydrogens (primary N) is 1. The van der Waals surface area contributed by atoms with Crippen LogP contribution < -0.4 is 15.9 Å². The van der Waals surface area contributed by atoms with Crippen LogP contribution in [0, 0.1) is 6.92 Å². The molecule has 0 radical (unpaired) electrons. The van der Waals surface area contributed by atoms with Crippen LogP contribution in [0.5, 0.6) is 5.75 Å². The lowest BCUT2D eigenvalue weighted by atomic mass is 10.1. The minimum absolute atomic E-state index is 0.526. The van der Waals surface area contributed by atoms with Crippen LogP contribution in [0.15, 0.2) is 53.6 Å². The molecule has 0 heterocycles. The van der Waals surface area contributed by atoms with E-state index < -0.39 is 6.03 Å². The van der Waals surface area contributed by atoms with Crippen LogP contribution in [0.25, 0.3) is 0 Å². The second-order valence-electron chi connectivity index (χ2n) is 4.58. The van der Waals surface area contributed by atoms with Gasteiger partial charge < -0.3 is 10.5 Å². The van der Waals surface area contributed by atoms with Crippen molar-refractivity contribution in [3.8, 4) is 5.75 Å². The van der Waals surface area contributed by atoms with E-state index in [0.29, 0.717) is 6.61 Å². The van der Waals surface area contributed by atoms with Gasteiger partial charge >= 0.3 is 6.03 Å². The molecule has 0 saturated heterocycles. The van der Waals surface area contributed by atoms with Gasteiger partial charge in [0.05, 0.1) is 6.21 Å². The van der Waals surface area contributed by atoms with Crippen LogP contribution >= 0.6 is 0 Å². The van der Waals surface area contributed by atoms with Gasteiger partial charge in [-0.25, -0.2) is 10.2 Å². The first-order valence-corrected chi connectivity index (χ1v) is 6.50. The number of nitrogens with one attached hydrogen (secondary N) is 1. The minimum Gasteiger partial charge on any atom is -0.489 e. The number of ether oxygens (including phenoxy) is 1. The van der Waals surface area contributed by atoms with Gasteiger partial charge in [0, 0.05) is 0 Å². The van der Waals surface area contributed by atoms with Crippen molar-refractivity contribution in [1.82, 2.24) is 5.43 Å². The summed E-state index contributed by atoms with van der Waals surface area (Å²) in [5.74, 6) is 0.775. The highest BCUT2D eigenvalue weighted by atomic mass is 16.5. The summed E-state index contributed by atoms with van der Waals surface area (Å²) in [5, 5.41) is 3.68. The molecule has 5 nitrogen and oxygen atoms in total. The molecule has 0 aliphatic heterocycles. The highest BCUT2D eigenvalue weighted by Crippen LogP contribution is 2.14. The Morgan fingerprint density at radius 1 is 1.29 bits per heavy atom. The average Bonchev–Trinajstić information content (AvgIpc) is 2.46. The number of nitrogens with zero attached hydrogens (tertiary/aromatic N) is 1. The summed E-state index contributed by atoms with van der Waals surface area (Å²) in [6, 6.07) is 14.9. The third-order valence-electron chi connectivity index (χ3n) is 2.76. The first-order chi connectivity index (χ1) is 10.1. The van der Waals surface area contributed by atoms with Crippen LogP contribution in [-0.4, -0.2) is 12.2 Å². The van der Waals surface area contributed by atoms with E-state index in [0.717, 1.165) is 16.9 Å². The van der Waals surface area contributed by atoms with E-state index in [1.807, 2.05) is 36.4 Å². The normalized spacial score (nSPS) is 10.5. The largest absolute Gasteiger partial charge is 0.489 e. The number of primary amides is 1. The number of hydrogen-bond donors (Lipinski definition) is 2. The Morgan fingerprint density at radius 2 is 2.05 bits per heavy atom. The number of aryl methyl sites for hydroxylation is 1. The van der Waals surface area contributed by atoms with Crippen molar-refractivity contribution < 1.29 is 9.53 Å². The van der Waals surface area contributed by atoms with Gasteiger partial charge in [0.25, 0.3) is 0 Å². The molecular formula is C16H17N3O2. The summed E-state index contributed by atoms with van der Waals surface area (Å²) >= 11 is 0. The summed E-state index contributed by atoms with van der Waals surface area (Å²) in [5.41, 5.74) is 10.2. The predicted octanol–water partition coefficient (Wildman–Crippen LogP) is 2.58. The lowest BCUT2D eigenvalue weighted by molar-refractivity contribution is 0.249. The van der Waals surface area contributed by atoms with Crippen LogP contribution in [-0.2, 0) is 6.61 Å². The van der Waals surface area contributed by atoms with Crippen molar-refractivity contribution in [1.29, 1.82) is 0 Å². The molecule has 5 heteroatoms. The molecule has 2 aromatic rings. The van der Waals surface area contributed by atoms with Gasteiger partial charge in [0.15, 0.2) is 0 Å². The summed E-state index contributed by atoms with van der Waals surface area (Å²) in [7, 11) is 0. The number of carbonyl (C=O) groups is 1. The molecule has 0 atom stereocenters. The molecule has 2 rings (SSSR count). The van der Waals surface area contributed by atoms with Crippen LogP contribution in [0.2, 0.25) is 0 Å². The molecule has 0 saturated carbocycles. The van der Waals surface area contributed by atoms with Gasteiger partial charge in [-0.15, -0.1) is 0 Å². The zero-order valence-electron chi connectivity index (χ0n) is 11.7. The zero-order chi connectivity index (χ0) is 15.1. The Kier molecular flexibility index (Phi) is 4.93. The fraction of sp³-hybridized carbons (Fsp3) is 0.125. The Labute approximate surface area is 123 Å². The number of rotatable bonds is 5. The highest BCUT2D eigenvalue weighted by molar-refractivity contribution is 5.81. The molecule has 0 aliphatic rings. The maximum Gasteiger partial charge on any atom is 0.332 e. The molecule has 0 unspecified atom stereocenters. The first kappa shape index (κ1) is 14.6. The van der Waals surface area contributed by atoms with Gasteiger partial charge in [0.1, 0.15) is 12.4 Å². The first-order valence-electron chi connectivity index (χ1n) is 6.50. The molecule has 0 aromatic heterocycles. The predicted molar refractivity (Wildman–Crippen MR) is 82.3 cm³/mol. The molecule has 0 bridgehead atoms. The monoisotopic (exact) mass is 283 g/mol. The van der Waals surface area contributed by atoms with Crippen molar-refractivity contribution >= 4 is 12.2 Å². The van der Waals surface area contributed by atoms with Crippen molar-refractivity contribution in [2.45, 2.75) is 13.5 Å². The quantitative estimate of drug-likeness (QED) is 0.653. The lowest BCUT2D eigenvalue weighted by Crippen LogP contribution is -2.24. The van der Waals surface area contributed by atoms with Crippen LogP contribution in [0.1, 0.15) is 16.7 Å². The highest BCUT2D eigenvalue weighted by Gasteiger charge is 1.97. The number of amides is 2. The molecular weight excluding hydrogens is 266 g/mol. The number of carbonyl (C=O) groups excluding carboxylic acids is 1. The molecule has 3 N–H and O–H groups in total. The molecule has 0 aliphatic carbocycles. The fourth-order valence-electron chi connectivity index (χ4n) is 1.79. The smallest absolute Gasteiger partial charge is 0.332 e. The third kappa shape index (κ3) is 4.99. The standard InChI is InChI=1S/C16H17N3O2/c1-12-3-2-4-14(9-12)11-21-15-7-5-13(6-8-15)10-18-19-16(17)20/h2-10H,11H2,1H3,(H3,17,19,20). The third-order valence-corrected chi connectivity index (χ3v) is 2.76. The summed E-state index contributed by atoms with van der Waals surface area (Å²) in [6.45, 7) is 2.58. The Hall–Kier alpha value is -2.82. The van der Waals surface area contributed by atoms with Crippen LogP contribution in [0.4, 0.5) is 4.79 Å². The van der Waals surface area contributed by atoms with E-state index in [1.54, 1.807) is 0 Å². The van der Waals surface area contributed by atoms with E-state index in [-0.39, 0.29) is 0 Å². The Balaban J connectivity index is 1.90. The Bertz CT molecular complexity index is 636. The molecule has 108 valence electrons. The number of urea groups is 1. The van der Waals surface area contributed by atoms with E-state index in [9.17, 15) is 4.79 Å². The van der Waals surface area contributed by atoms with Gasteiger partial charge in [-0.05, 0) is 42.3 Å². The Morgan fingerprint density at radius 3 is 2.71 bits per heavy atom. The molecule has 2 amide bonds. The van der Waals surface area contributed by atoms with Crippen LogP contribution in [0.3, 0.4) is 0 Å². The number of benzene rings is 2. The summed E-state index contributed by atoms with van der Waals surface area (Å²) in [4.78, 5) is 10.5. The number of hydrogen-bond acceptors (Lipinski definition) is 3.